The van der Waals surface area contributed by atoms with Crippen molar-refractivity contribution in [3.63, 3.8) is 0 Å². The second kappa shape index (κ2) is 13.4. The molecule has 3 aromatic rings. The maximum absolute atomic E-state index is 14.1. The van der Waals surface area contributed by atoms with Crippen molar-refractivity contribution in [3.05, 3.63) is 86.9 Å². The summed E-state index contributed by atoms with van der Waals surface area (Å²) in [4.78, 5) is 24.8. The zero-order chi connectivity index (χ0) is 26.5. The molecule has 3 aromatic carbocycles. The third kappa shape index (κ3) is 8.29. The largest absolute Gasteiger partial charge is 0.620 e. The van der Waals surface area contributed by atoms with E-state index in [1.54, 1.807) is 0 Å². The van der Waals surface area contributed by atoms with Gasteiger partial charge in [-0.3, -0.25) is 4.79 Å². The second-order valence-electron chi connectivity index (χ2n) is 7.27. The quantitative estimate of drug-likeness (QED) is 0.220. The minimum absolute atomic E-state index is 0. The monoisotopic (exact) mass is 657 g/mol. The van der Waals surface area contributed by atoms with Gasteiger partial charge in [-0.25, -0.2) is 4.39 Å². The van der Waals surface area contributed by atoms with Crippen molar-refractivity contribution in [2.45, 2.75) is 6.18 Å². The Hall–Kier alpha value is -2.42. The number of hydrogen-bond acceptors (Lipinski definition) is 4. The fourth-order valence-corrected chi connectivity index (χ4v) is 3.55. The molecule has 0 aliphatic heterocycles. The van der Waals surface area contributed by atoms with Gasteiger partial charge >= 0.3 is 6.18 Å². The first-order valence-electron chi connectivity index (χ1n) is 10.2. The summed E-state index contributed by atoms with van der Waals surface area (Å²) >= 11 is 12.1. The summed E-state index contributed by atoms with van der Waals surface area (Å²) in [6.45, 7) is -1.94. The van der Waals surface area contributed by atoms with Crippen molar-refractivity contribution in [1.29, 1.82) is 0 Å². The molecule has 2 N–H and O–H groups in total. The minimum atomic E-state index is -4.70. The fraction of sp³-hybridized carbons (Fsp3) is 0.167. The molecule has 0 atom stereocenters. The molecular weight excluding hydrogens is 640 g/mol. The van der Waals surface area contributed by atoms with E-state index in [9.17, 15) is 27.2 Å². The molecule has 0 aromatic heterocycles. The third-order valence-corrected chi connectivity index (χ3v) is 5.33. The van der Waals surface area contributed by atoms with Gasteiger partial charge in [0.1, 0.15) is 11.6 Å². The number of nitrogens with zero attached hydrogens (tertiary/aromatic N) is 1. The number of benzene rings is 3. The molecule has 0 unspecified atom stereocenters. The van der Waals surface area contributed by atoms with Crippen LogP contribution in [0.25, 0.3) is 16.4 Å². The SMILES string of the molecule is O=C(NCCO)c1ccc(Cl)c(-c2ccc([N-]C(=O)c3c(F)cccc3Cl)c(OCC(F)(F)F)c2)c1.[Cd]. The number of carbonyl (C=O) groups is 2. The first-order valence-corrected chi connectivity index (χ1v) is 11.0. The Morgan fingerprint density at radius 1 is 1.03 bits per heavy atom. The normalized spacial score (nSPS) is 10.9. The van der Waals surface area contributed by atoms with Gasteiger partial charge in [-0.1, -0.05) is 47.1 Å². The van der Waals surface area contributed by atoms with Crippen LogP contribution in [0.5, 0.6) is 5.75 Å². The Labute approximate surface area is 239 Å². The third-order valence-electron chi connectivity index (χ3n) is 4.69. The van der Waals surface area contributed by atoms with E-state index in [4.69, 9.17) is 33.0 Å². The van der Waals surface area contributed by atoms with E-state index >= 15 is 0 Å². The summed E-state index contributed by atoms with van der Waals surface area (Å²) in [6, 6.07) is 11.5. The molecule has 37 heavy (non-hydrogen) atoms. The Bertz CT molecular complexity index is 1270. The molecule has 13 heteroatoms. The molecule has 0 fully saturated rings. The van der Waals surface area contributed by atoms with E-state index in [0.29, 0.717) is 0 Å². The van der Waals surface area contributed by atoms with Crippen molar-refractivity contribution < 1.29 is 64.3 Å². The zero-order valence-corrected chi connectivity index (χ0v) is 24.5. The van der Waals surface area contributed by atoms with Crippen LogP contribution in [0.1, 0.15) is 20.7 Å². The van der Waals surface area contributed by atoms with Crippen LogP contribution in [0, 0.1) is 5.82 Å². The molecule has 0 saturated carbocycles. The van der Waals surface area contributed by atoms with Gasteiger partial charge in [-0.05, 0) is 42.0 Å². The van der Waals surface area contributed by atoms with Gasteiger partial charge in [0.05, 0.1) is 23.1 Å². The van der Waals surface area contributed by atoms with Gasteiger partial charge in [-0.2, -0.15) is 13.2 Å². The predicted molar refractivity (Wildman–Crippen MR) is 127 cm³/mol. The van der Waals surface area contributed by atoms with E-state index in [0.717, 1.165) is 12.1 Å². The molecule has 0 spiro atoms. The summed E-state index contributed by atoms with van der Waals surface area (Å²) in [5.74, 6) is -3.01. The van der Waals surface area contributed by atoms with Crippen LogP contribution in [-0.2, 0) is 27.3 Å². The zero-order valence-electron chi connectivity index (χ0n) is 18.9. The van der Waals surface area contributed by atoms with Crippen LogP contribution in [0.15, 0.2) is 54.6 Å². The molecule has 6 nitrogen and oxygen atoms in total. The predicted octanol–water partition coefficient (Wildman–Crippen LogP) is 6.31. The number of hydrogen-bond donors (Lipinski definition) is 2. The summed E-state index contributed by atoms with van der Waals surface area (Å²) in [6.07, 6.45) is -4.70. The molecular formula is C24H17CdCl2F4N2O4-. The van der Waals surface area contributed by atoms with E-state index in [2.05, 4.69) is 10.6 Å². The number of halogens is 6. The van der Waals surface area contributed by atoms with Crippen LogP contribution >= 0.6 is 23.2 Å². The van der Waals surface area contributed by atoms with E-state index < -0.39 is 41.7 Å². The van der Waals surface area contributed by atoms with Gasteiger partial charge in [0, 0.05) is 50.0 Å². The van der Waals surface area contributed by atoms with Crippen molar-refractivity contribution in [2.24, 2.45) is 0 Å². The number of rotatable bonds is 8. The topological polar surface area (TPSA) is 89.7 Å². The fourth-order valence-electron chi connectivity index (χ4n) is 3.08. The van der Waals surface area contributed by atoms with Crippen LogP contribution in [0.3, 0.4) is 0 Å². The number of alkyl halides is 3. The molecule has 0 aliphatic carbocycles. The van der Waals surface area contributed by atoms with E-state index in [1.165, 1.54) is 42.5 Å². The number of carbonyl (C=O) groups excluding carboxylic acids is 2. The van der Waals surface area contributed by atoms with Crippen molar-refractivity contribution in [2.75, 3.05) is 19.8 Å². The maximum atomic E-state index is 14.1. The van der Waals surface area contributed by atoms with Gasteiger partial charge in [0.2, 0.25) is 0 Å². The van der Waals surface area contributed by atoms with Gasteiger partial charge in [-0.15, -0.1) is 0 Å². The Balaban J connectivity index is 0.00000481. The van der Waals surface area contributed by atoms with Gasteiger partial charge in [0.25, 0.3) is 5.91 Å². The van der Waals surface area contributed by atoms with Gasteiger partial charge in [0.15, 0.2) is 6.61 Å². The van der Waals surface area contributed by atoms with Gasteiger partial charge < -0.3 is 25.3 Å². The average Bonchev–Trinajstić information content (AvgIpc) is 2.81. The number of aliphatic hydroxyl groups is 1. The van der Waals surface area contributed by atoms with Crippen LogP contribution in [-0.4, -0.2) is 42.9 Å². The molecule has 3 rings (SSSR count). The number of amides is 2. The van der Waals surface area contributed by atoms with E-state index in [1.807, 2.05) is 0 Å². The molecule has 192 valence electrons. The van der Waals surface area contributed by atoms with Crippen LogP contribution < -0.4 is 10.1 Å². The molecule has 0 heterocycles. The minimum Gasteiger partial charge on any atom is -0.620 e. The molecule has 0 radical (unpaired) electrons. The Morgan fingerprint density at radius 2 is 1.76 bits per heavy atom. The van der Waals surface area contributed by atoms with Crippen molar-refractivity contribution >= 4 is 40.7 Å². The van der Waals surface area contributed by atoms with Crippen molar-refractivity contribution in [3.8, 4) is 16.9 Å². The Kier molecular flexibility index (Phi) is 11.2. The number of ether oxygens (including phenoxy) is 1. The molecule has 0 saturated heterocycles. The second-order valence-corrected chi connectivity index (χ2v) is 8.09. The summed E-state index contributed by atoms with van der Waals surface area (Å²) in [7, 11) is 0. The number of nitrogens with one attached hydrogen (secondary N) is 1. The Morgan fingerprint density at radius 3 is 2.41 bits per heavy atom. The van der Waals surface area contributed by atoms with Crippen molar-refractivity contribution in [1.82, 2.24) is 5.32 Å². The van der Waals surface area contributed by atoms with E-state index in [-0.39, 0.29) is 72.9 Å². The molecule has 0 aliphatic rings. The molecule has 0 bridgehead atoms. The average molecular weight is 657 g/mol. The summed E-state index contributed by atoms with van der Waals surface area (Å²) in [5.41, 5.74) is -0.141. The maximum Gasteiger partial charge on any atom is 0.422 e. The number of aliphatic hydroxyl groups excluding tert-OH is 1. The smallest absolute Gasteiger partial charge is 0.422 e. The first-order chi connectivity index (χ1) is 17.0. The van der Waals surface area contributed by atoms with Crippen LogP contribution in [0.4, 0.5) is 23.2 Å². The standard InChI is InChI=1S/C24H18Cl2F4N2O4.Cd/c25-16-6-4-14(22(34)31-8-9-33)10-15(16)13-5-7-19(20(11-13)36-12-24(28,29)30)32-23(35)21-17(26)2-1-3-18(21)27;/h1-7,10-11,33H,8-9,12H2,(H2,31,32,34,35);/p-1. The molecule has 2 amide bonds. The summed E-state index contributed by atoms with van der Waals surface area (Å²) in [5, 5.41) is 15.0. The summed E-state index contributed by atoms with van der Waals surface area (Å²) < 4.78 is 57.6. The first kappa shape index (κ1) is 30.8. The van der Waals surface area contributed by atoms with Crippen LogP contribution in [0.2, 0.25) is 10.0 Å².